The molecule has 0 saturated carbocycles. The number of nitrogens with zero attached hydrogens (tertiary/aromatic N) is 3. The molecule has 0 aromatic carbocycles. The molecule has 6 heteroatoms. The Labute approximate surface area is 107 Å². The zero-order valence-corrected chi connectivity index (χ0v) is 11.1. The largest absolute Gasteiger partial charge is 0.381 e. The Morgan fingerprint density at radius 3 is 3.00 bits per heavy atom. The van der Waals surface area contributed by atoms with Gasteiger partial charge in [0.1, 0.15) is 0 Å². The molecule has 1 unspecified atom stereocenters. The van der Waals surface area contributed by atoms with E-state index in [9.17, 15) is 0 Å². The van der Waals surface area contributed by atoms with Crippen LogP contribution in [0.15, 0.2) is 0 Å². The van der Waals surface area contributed by atoms with Crippen molar-refractivity contribution < 1.29 is 9.47 Å². The summed E-state index contributed by atoms with van der Waals surface area (Å²) in [5, 5.41) is 7.95. The Balaban J connectivity index is 1.82. The van der Waals surface area contributed by atoms with Gasteiger partial charge in [0.05, 0.1) is 18.8 Å². The third-order valence-electron chi connectivity index (χ3n) is 3.09. The highest BCUT2D eigenvalue weighted by molar-refractivity contribution is 5.34. The van der Waals surface area contributed by atoms with Gasteiger partial charge in [-0.05, 0) is 25.2 Å². The fraction of sp³-hybridized carbons (Fsp3) is 0.833. The molecule has 1 atom stereocenters. The third kappa shape index (κ3) is 3.20. The third-order valence-corrected chi connectivity index (χ3v) is 3.09. The first-order chi connectivity index (χ1) is 8.68. The Morgan fingerprint density at radius 1 is 1.50 bits per heavy atom. The van der Waals surface area contributed by atoms with Crippen LogP contribution in [0, 0.1) is 0 Å². The van der Waals surface area contributed by atoms with Crippen molar-refractivity contribution in [2.24, 2.45) is 0 Å². The van der Waals surface area contributed by atoms with Crippen molar-refractivity contribution in [1.29, 1.82) is 0 Å². The van der Waals surface area contributed by atoms with Gasteiger partial charge in [0.2, 0.25) is 0 Å². The van der Waals surface area contributed by atoms with E-state index in [2.05, 4.69) is 24.2 Å². The van der Waals surface area contributed by atoms with Gasteiger partial charge < -0.3 is 15.2 Å². The van der Waals surface area contributed by atoms with E-state index < -0.39 is 0 Å². The van der Waals surface area contributed by atoms with Crippen molar-refractivity contribution in [1.82, 2.24) is 15.0 Å². The van der Waals surface area contributed by atoms with Crippen molar-refractivity contribution in [2.75, 3.05) is 18.9 Å². The molecule has 2 heterocycles. The fourth-order valence-corrected chi connectivity index (χ4v) is 2.21. The molecule has 6 nitrogen and oxygen atoms in total. The van der Waals surface area contributed by atoms with E-state index in [0.717, 1.165) is 25.1 Å². The normalized spacial score (nSPS) is 20.5. The van der Waals surface area contributed by atoms with E-state index in [4.69, 9.17) is 15.2 Å². The van der Waals surface area contributed by atoms with Gasteiger partial charge in [-0.15, -0.1) is 5.10 Å². The number of hydrogen-bond donors (Lipinski definition) is 1. The molecule has 0 amide bonds. The van der Waals surface area contributed by atoms with Crippen molar-refractivity contribution in [3.05, 3.63) is 5.69 Å². The van der Waals surface area contributed by atoms with Crippen molar-refractivity contribution >= 4 is 5.82 Å². The molecule has 18 heavy (non-hydrogen) atoms. The lowest BCUT2D eigenvalue weighted by molar-refractivity contribution is -0.163. The van der Waals surface area contributed by atoms with Crippen molar-refractivity contribution in [3.8, 4) is 0 Å². The minimum Gasteiger partial charge on any atom is -0.381 e. The number of nitrogens with two attached hydrogens (primary N) is 1. The molecule has 0 aliphatic carbocycles. The lowest BCUT2D eigenvalue weighted by atomic mass is 10.1. The Bertz CT molecular complexity index is 372. The number of anilines is 1. The van der Waals surface area contributed by atoms with Crippen molar-refractivity contribution in [2.45, 2.75) is 51.9 Å². The highest BCUT2D eigenvalue weighted by atomic mass is 16.7. The first kappa shape index (κ1) is 13.3. The first-order valence-corrected chi connectivity index (χ1v) is 6.60. The average molecular weight is 254 g/mol. The van der Waals surface area contributed by atoms with Crippen LogP contribution in [0.2, 0.25) is 0 Å². The molecule has 0 radical (unpaired) electrons. The maximum Gasteiger partial charge on any atom is 0.169 e. The zero-order chi connectivity index (χ0) is 13.0. The van der Waals surface area contributed by atoms with Gasteiger partial charge in [0.25, 0.3) is 0 Å². The summed E-state index contributed by atoms with van der Waals surface area (Å²) in [7, 11) is 0. The summed E-state index contributed by atoms with van der Waals surface area (Å²) >= 11 is 0. The van der Waals surface area contributed by atoms with Crippen LogP contribution in [-0.2, 0) is 16.0 Å². The lowest BCUT2D eigenvalue weighted by Gasteiger charge is -2.22. The molecule has 0 spiro atoms. The first-order valence-electron chi connectivity index (χ1n) is 6.60. The van der Waals surface area contributed by atoms with Gasteiger partial charge in [-0.25, -0.2) is 4.68 Å². The minimum absolute atomic E-state index is 0.0536. The topological polar surface area (TPSA) is 75.2 Å². The number of aromatic nitrogens is 3. The number of ether oxygens (including phenoxy) is 2. The van der Waals surface area contributed by atoms with Gasteiger partial charge >= 0.3 is 0 Å². The SMILES string of the molecule is CC(C)c1c(N)nnn1CCOC1CCCCO1. The Morgan fingerprint density at radius 2 is 2.33 bits per heavy atom. The molecule has 0 bridgehead atoms. The summed E-state index contributed by atoms with van der Waals surface area (Å²) in [6.45, 7) is 6.20. The molecule has 1 aromatic rings. The summed E-state index contributed by atoms with van der Waals surface area (Å²) < 4.78 is 13.0. The van der Waals surface area contributed by atoms with E-state index in [1.165, 1.54) is 6.42 Å². The van der Waals surface area contributed by atoms with Gasteiger partial charge in [0.15, 0.2) is 12.1 Å². The second kappa shape index (κ2) is 6.15. The summed E-state index contributed by atoms with van der Waals surface area (Å²) in [4.78, 5) is 0. The van der Waals surface area contributed by atoms with Gasteiger partial charge in [0, 0.05) is 6.61 Å². The number of hydrogen-bond acceptors (Lipinski definition) is 5. The lowest BCUT2D eigenvalue weighted by Crippen LogP contribution is -2.24. The molecular formula is C12H22N4O2. The van der Waals surface area contributed by atoms with Gasteiger partial charge in [-0.2, -0.15) is 0 Å². The molecule has 1 saturated heterocycles. The van der Waals surface area contributed by atoms with Crippen LogP contribution in [0.4, 0.5) is 5.82 Å². The van der Waals surface area contributed by atoms with E-state index in [1.807, 2.05) is 4.68 Å². The molecule has 1 fully saturated rings. The maximum absolute atomic E-state index is 5.80. The van der Waals surface area contributed by atoms with Crippen LogP contribution in [0.3, 0.4) is 0 Å². The Hall–Kier alpha value is -1.14. The standard InChI is InChI=1S/C12H22N4O2/c1-9(2)11-12(13)14-15-16(11)6-8-18-10-5-3-4-7-17-10/h9-10H,3-8,13H2,1-2H3. The smallest absolute Gasteiger partial charge is 0.169 e. The van der Waals surface area contributed by atoms with Crippen molar-refractivity contribution in [3.63, 3.8) is 0 Å². The summed E-state index contributed by atoms with van der Waals surface area (Å²) in [5.74, 6) is 0.824. The van der Waals surface area contributed by atoms with E-state index >= 15 is 0 Å². The molecule has 102 valence electrons. The minimum atomic E-state index is -0.0536. The van der Waals surface area contributed by atoms with Gasteiger partial charge in [-0.1, -0.05) is 19.1 Å². The molecule has 1 aliphatic heterocycles. The zero-order valence-electron chi connectivity index (χ0n) is 11.1. The molecule has 1 aliphatic rings. The van der Waals surface area contributed by atoms with Crippen LogP contribution in [0.1, 0.15) is 44.7 Å². The molecule has 2 rings (SSSR count). The van der Waals surface area contributed by atoms with Crippen LogP contribution in [-0.4, -0.2) is 34.5 Å². The van der Waals surface area contributed by atoms with Crippen LogP contribution < -0.4 is 5.73 Å². The second-order valence-electron chi connectivity index (χ2n) is 4.90. The van der Waals surface area contributed by atoms with E-state index in [0.29, 0.717) is 24.9 Å². The molecule has 2 N–H and O–H groups in total. The number of rotatable bonds is 5. The van der Waals surface area contributed by atoms with Gasteiger partial charge in [-0.3, -0.25) is 0 Å². The summed E-state index contributed by atoms with van der Waals surface area (Å²) in [5.41, 5.74) is 6.77. The van der Waals surface area contributed by atoms with E-state index in [1.54, 1.807) is 0 Å². The molecule has 1 aromatic heterocycles. The maximum atomic E-state index is 5.80. The average Bonchev–Trinajstić information content (AvgIpc) is 2.72. The summed E-state index contributed by atoms with van der Waals surface area (Å²) in [6, 6.07) is 0. The fourth-order valence-electron chi connectivity index (χ4n) is 2.21. The molecular weight excluding hydrogens is 232 g/mol. The van der Waals surface area contributed by atoms with Crippen LogP contribution in [0.5, 0.6) is 0 Å². The predicted molar refractivity (Wildman–Crippen MR) is 68.1 cm³/mol. The summed E-state index contributed by atoms with van der Waals surface area (Å²) in [6.07, 6.45) is 3.24. The Kier molecular flexibility index (Phi) is 4.54. The second-order valence-corrected chi connectivity index (χ2v) is 4.90. The predicted octanol–water partition coefficient (Wildman–Crippen LogP) is 1.53. The van der Waals surface area contributed by atoms with Crippen LogP contribution >= 0.6 is 0 Å². The highest BCUT2D eigenvalue weighted by Crippen LogP contribution is 2.19. The van der Waals surface area contributed by atoms with Crippen LogP contribution in [0.25, 0.3) is 0 Å². The quantitative estimate of drug-likeness (QED) is 0.862. The monoisotopic (exact) mass is 254 g/mol. The van der Waals surface area contributed by atoms with E-state index in [-0.39, 0.29) is 6.29 Å². The highest BCUT2D eigenvalue weighted by Gasteiger charge is 2.16. The number of nitrogen functional groups attached to an aromatic ring is 1.